The van der Waals surface area contributed by atoms with Crippen LogP contribution >= 0.6 is 11.8 Å². The van der Waals surface area contributed by atoms with Gasteiger partial charge in [-0.1, -0.05) is 6.07 Å². The first-order chi connectivity index (χ1) is 7.75. The summed E-state index contributed by atoms with van der Waals surface area (Å²) in [6, 6.07) is 3.77. The van der Waals surface area contributed by atoms with E-state index in [1.54, 1.807) is 18.0 Å². The molecular formula is C11H13N3OS. The maximum Gasteiger partial charge on any atom is 0.232 e. The van der Waals surface area contributed by atoms with E-state index in [1.807, 2.05) is 19.1 Å². The van der Waals surface area contributed by atoms with E-state index in [4.69, 9.17) is 0 Å². The Morgan fingerprint density at radius 2 is 2.50 bits per heavy atom. The quantitative estimate of drug-likeness (QED) is 0.870. The fourth-order valence-corrected chi connectivity index (χ4v) is 2.25. The van der Waals surface area contributed by atoms with Crippen LogP contribution in [-0.4, -0.2) is 28.2 Å². The van der Waals surface area contributed by atoms with Crippen LogP contribution in [-0.2, 0) is 4.79 Å². The third-order valence-electron chi connectivity index (χ3n) is 2.23. The summed E-state index contributed by atoms with van der Waals surface area (Å²) in [5.41, 5.74) is 0.969. The molecule has 1 aliphatic heterocycles. The number of pyridine rings is 1. The van der Waals surface area contributed by atoms with Crippen molar-refractivity contribution >= 4 is 28.5 Å². The van der Waals surface area contributed by atoms with Gasteiger partial charge in [-0.2, -0.15) is 0 Å². The zero-order chi connectivity index (χ0) is 11.4. The summed E-state index contributed by atoms with van der Waals surface area (Å²) >= 11 is 1.65. The molecule has 0 fully saturated rings. The lowest BCUT2D eigenvalue weighted by Gasteiger charge is -2.06. The molecule has 2 heterocycles. The van der Waals surface area contributed by atoms with Crippen molar-refractivity contribution < 1.29 is 4.79 Å². The van der Waals surface area contributed by atoms with Gasteiger partial charge >= 0.3 is 0 Å². The van der Waals surface area contributed by atoms with Crippen molar-refractivity contribution in [3.8, 4) is 0 Å². The van der Waals surface area contributed by atoms with Crippen LogP contribution in [0.5, 0.6) is 0 Å². The lowest BCUT2D eigenvalue weighted by Crippen LogP contribution is -2.15. The molecule has 5 heteroatoms. The van der Waals surface area contributed by atoms with E-state index in [9.17, 15) is 4.79 Å². The average Bonchev–Trinajstić information content (AvgIpc) is 2.74. The van der Waals surface area contributed by atoms with Gasteiger partial charge in [0.25, 0.3) is 0 Å². The molecule has 0 atom stereocenters. The van der Waals surface area contributed by atoms with Crippen LogP contribution in [0.1, 0.15) is 12.0 Å². The maximum absolute atomic E-state index is 11.7. The van der Waals surface area contributed by atoms with E-state index in [2.05, 4.69) is 15.3 Å². The number of nitrogens with zero attached hydrogens (tertiary/aromatic N) is 2. The van der Waals surface area contributed by atoms with E-state index < -0.39 is 0 Å². The van der Waals surface area contributed by atoms with E-state index in [1.165, 1.54) is 0 Å². The van der Waals surface area contributed by atoms with Crippen molar-refractivity contribution in [3.05, 3.63) is 23.9 Å². The summed E-state index contributed by atoms with van der Waals surface area (Å²) in [4.78, 5) is 20.0. The molecule has 0 unspecified atom stereocenters. The average molecular weight is 235 g/mol. The highest BCUT2D eigenvalue weighted by atomic mass is 32.2. The van der Waals surface area contributed by atoms with Gasteiger partial charge in [0.05, 0.1) is 11.5 Å². The van der Waals surface area contributed by atoms with Crippen LogP contribution in [0.25, 0.3) is 0 Å². The van der Waals surface area contributed by atoms with E-state index in [-0.39, 0.29) is 5.91 Å². The maximum atomic E-state index is 11.7. The molecule has 2 rings (SSSR count). The van der Waals surface area contributed by atoms with Crippen molar-refractivity contribution in [3.63, 3.8) is 0 Å². The summed E-state index contributed by atoms with van der Waals surface area (Å²) in [6.45, 7) is 2.75. The zero-order valence-electron chi connectivity index (χ0n) is 9.06. The summed E-state index contributed by atoms with van der Waals surface area (Å²) in [6.07, 6.45) is 2.03. The van der Waals surface area contributed by atoms with Crippen LogP contribution in [0, 0.1) is 6.92 Å². The third kappa shape index (κ3) is 2.82. The van der Waals surface area contributed by atoms with Crippen molar-refractivity contribution in [1.29, 1.82) is 0 Å². The Hall–Kier alpha value is -1.36. The Kier molecular flexibility index (Phi) is 3.56. The molecule has 1 N–H and O–H groups in total. The molecule has 0 aromatic carbocycles. The molecule has 1 aromatic rings. The van der Waals surface area contributed by atoms with Gasteiger partial charge < -0.3 is 5.32 Å². The molecule has 84 valence electrons. The minimum atomic E-state index is -0.0463. The van der Waals surface area contributed by atoms with E-state index in [0.29, 0.717) is 12.2 Å². The van der Waals surface area contributed by atoms with Crippen LogP contribution in [0.2, 0.25) is 0 Å². The van der Waals surface area contributed by atoms with Gasteiger partial charge in [-0.3, -0.25) is 9.79 Å². The first kappa shape index (κ1) is 11.1. The number of thioether (sulfide) groups is 1. The van der Waals surface area contributed by atoms with Gasteiger partial charge in [0.2, 0.25) is 5.91 Å². The molecule has 0 spiro atoms. The minimum Gasteiger partial charge on any atom is -0.310 e. The summed E-state index contributed by atoms with van der Waals surface area (Å²) in [5.74, 6) is 1.58. The van der Waals surface area contributed by atoms with Crippen LogP contribution < -0.4 is 5.32 Å². The van der Waals surface area contributed by atoms with Gasteiger partial charge in [0.1, 0.15) is 5.82 Å². The highest BCUT2D eigenvalue weighted by Crippen LogP contribution is 2.16. The van der Waals surface area contributed by atoms with Gasteiger partial charge in [-0.05, 0) is 18.6 Å². The van der Waals surface area contributed by atoms with Gasteiger partial charge in [-0.15, -0.1) is 11.8 Å². The molecule has 0 saturated carbocycles. The second-order valence-electron chi connectivity index (χ2n) is 3.52. The van der Waals surface area contributed by atoms with Crippen molar-refractivity contribution in [2.24, 2.45) is 4.99 Å². The normalized spacial score (nSPS) is 14.7. The molecule has 4 nitrogen and oxygen atoms in total. The number of rotatable bonds is 3. The van der Waals surface area contributed by atoms with Gasteiger partial charge in [-0.25, -0.2) is 4.98 Å². The van der Waals surface area contributed by atoms with Crippen molar-refractivity contribution in [2.75, 3.05) is 17.6 Å². The van der Waals surface area contributed by atoms with Crippen molar-refractivity contribution in [2.45, 2.75) is 13.3 Å². The number of aryl methyl sites for hydroxylation is 1. The van der Waals surface area contributed by atoms with Crippen LogP contribution in [0.4, 0.5) is 5.82 Å². The fourth-order valence-electron chi connectivity index (χ4n) is 1.42. The Bertz CT molecular complexity index is 431. The molecule has 0 aliphatic carbocycles. The zero-order valence-corrected chi connectivity index (χ0v) is 9.88. The number of anilines is 1. The molecule has 1 amide bonds. The Morgan fingerprint density at radius 3 is 3.19 bits per heavy atom. The van der Waals surface area contributed by atoms with Gasteiger partial charge in [0.15, 0.2) is 0 Å². The topological polar surface area (TPSA) is 54.4 Å². The fraction of sp³-hybridized carbons (Fsp3) is 0.364. The predicted molar refractivity (Wildman–Crippen MR) is 67.0 cm³/mol. The number of carbonyl (C=O) groups excluding carboxylic acids is 1. The molecular weight excluding hydrogens is 222 g/mol. The number of hydrogen-bond donors (Lipinski definition) is 1. The number of aliphatic imine (C=N–C) groups is 1. The number of nitrogens with one attached hydrogen (secondary N) is 1. The third-order valence-corrected chi connectivity index (χ3v) is 3.22. The smallest absolute Gasteiger partial charge is 0.232 e. The lowest BCUT2D eigenvalue weighted by molar-refractivity contribution is -0.115. The summed E-state index contributed by atoms with van der Waals surface area (Å²) in [7, 11) is 0. The van der Waals surface area contributed by atoms with Crippen LogP contribution in [0.3, 0.4) is 0 Å². The molecule has 0 radical (unpaired) electrons. The second kappa shape index (κ2) is 5.12. The number of amides is 1. The highest BCUT2D eigenvalue weighted by molar-refractivity contribution is 8.14. The Morgan fingerprint density at radius 1 is 1.62 bits per heavy atom. The molecule has 1 aromatic heterocycles. The van der Waals surface area contributed by atoms with Gasteiger partial charge in [0, 0.05) is 18.5 Å². The SMILES string of the molecule is Cc1cccnc1NC(=O)CC1=NCCS1. The molecule has 0 saturated heterocycles. The highest BCUT2D eigenvalue weighted by Gasteiger charge is 2.12. The number of aromatic nitrogens is 1. The second-order valence-corrected chi connectivity index (χ2v) is 4.69. The van der Waals surface area contributed by atoms with E-state index >= 15 is 0 Å². The van der Waals surface area contributed by atoms with Crippen molar-refractivity contribution in [1.82, 2.24) is 4.98 Å². The minimum absolute atomic E-state index is 0.0463. The summed E-state index contributed by atoms with van der Waals surface area (Å²) < 4.78 is 0. The Labute approximate surface area is 98.6 Å². The van der Waals surface area contributed by atoms with E-state index in [0.717, 1.165) is 22.9 Å². The number of carbonyl (C=O) groups is 1. The number of hydrogen-bond acceptors (Lipinski definition) is 4. The monoisotopic (exact) mass is 235 g/mol. The Balaban J connectivity index is 1.94. The standard InChI is InChI=1S/C11H13N3OS/c1-8-3-2-4-13-11(8)14-9(15)7-10-12-5-6-16-10/h2-4H,5-7H2,1H3,(H,13,14,15). The first-order valence-electron chi connectivity index (χ1n) is 5.13. The predicted octanol–water partition coefficient (Wildman–Crippen LogP) is 1.86. The lowest BCUT2D eigenvalue weighted by atomic mass is 10.3. The molecule has 16 heavy (non-hydrogen) atoms. The van der Waals surface area contributed by atoms with Crippen LogP contribution in [0.15, 0.2) is 23.3 Å². The first-order valence-corrected chi connectivity index (χ1v) is 6.12. The molecule has 1 aliphatic rings. The largest absolute Gasteiger partial charge is 0.310 e. The summed E-state index contributed by atoms with van der Waals surface area (Å²) in [5, 5.41) is 3.72. The molecule has 0 bridgehead atoms.